The van der Waals surface area contributed by atoms with Crippen LogP contribution in [0, 0.1) is 0 Å². The molecule has 0 spiro atoms. The topological polar surface area (TPSA) is 53.5 Å². The van der Waals surface area contributed by atoms with Gasteiger partial charge >= 0.3 is 0 Å². The summed E-state index contributed by atoms with van der Waals surface area (Å²) in [5.41, 5.74) is 2.59. The predicted molar refractivity (Wildman–Crippen MR) is 90.4 cm³/mol. The number of carbonyl (C=O) groups is 2. The van der Waals surface area contributed by atoms with Crippen molar-refractivity contribution in [2.45, 2.75) is 0 Å². The average Bonchev–Trinajstić information content (AvgIpc) is 3.11. The van der Waals surface area contributed by atoms with Gasteiger partial charge in [0.2, 0.25) is 0 Å². The van der Waals surface area contributed by atoms with E-state index in [1.54, 1.807) is 38.9 Å². The fraction of sp³-hybridized carbons (Fsp3) is 0.267. The molecular weight excluding hydrogens is 357 g/mol. The van der Waals surface area contributed by atoms with Gasteiger partial charge in [0.15, 0.2) is 0 Å². The molecule has 0 bridgehead atoms. The summed E-state index contributed by atoms with van der Waals surface area (Å²) in [5, 5.41) is 2.51. The highest BCUT2D eigenvalue weighted by atomic mass is 35.5. The maximum atomic E-state index is 12.5. The number of nitrogens with zero attached hydrogens (tertiary/aromatic N) is 3. The molecule has 0 saturated carbocycles. The standard InChI is InChI=1S/C15H13Cl2N3O2S/c16-11-2-1-10(7-12(11)17)14(21)19-3-5-20(6-4-19)15(22)13-8-23-9-18-13/h1-2,7-9H,3-6H2. The molecular formula is C15H13Cl2N3O2S. The zero-order valence-corrected chi connectivity index (χ0v) is 14.4. The van der Waals surface area contributed by atoms with E-state index in [2.05, 4.69) is 4.98 Å². The monoisotopic (exact) mass is 369 g/mol. The molecule has 120 valence electrons. The van der Waals surface area contributed by atoms with E-state index in [1.807, 2.05) is 0 Å². The summed E-state index contributed by atoms with van der Waals surface area (Å²) in [6.07, 6.45) is 0. The fourth-order valence-electron chi connectivity index (χ4n) is 2.40. The van der Waals surface area contributed by atoms with Gasteiger partial charge in [0.1, 0.15) is 5.69 Å². The summed E-state index contributed by atoms with van der Waals surface area (Å²) in [5.74, 6) is -0.197. The number of benzene rings is 1. The Bertz CT molecular complexity index is 728. The quantitative estimate of drug-likeness (QED) is 0.817. The van der Waals surface area contributed by atoms with Crippen LogP contribution in [-0.2, 0) is 0 Å². The molecule has 1 saturated heterocycles. The number of piperazine rings is 1. The predicted octanol–water partition coefficient (Wildman–Crippen LogP) is 3.05. The first-order chi connectivity index (χ1) is 11.1. The molecule has 0 aliphatic carbocycles. The van der Waals surface area contributed by atoms with E-state index in [-0.39, 0.29) is 11.8 Å². The second-order valence-electron chi connectivity index (χ2n) is 5.09. The third kappa shape index (κ3) is 3.49. The van der Waals surface area contributed by atoms with Crippen LogP contribution in [-0.4, -0.2) is 52.8 Å². The lowest BCUT2D eigenvalue weighted by atomic mass is 10.2. The highest BCUT2D eigenvalue weighted by Gasteiger charge is 2.26. The van der Waals surface area contributed by atoms with E-state index in [9.17, 15) is 9.59 Å². The van der Waals surface area contributed by atoms with Crippen LogP contribution in [0.2, 0.25) is 10.0 Å². The third-order valence-corrected chi connectivity index (χ3v) is 5.00. The number of carbonyl (C=O) groups excluding carboxylic acids is 2. The molecule has 2 heterocycles. The van der Waals surface area contributed by atoms with Gasteiger partial charge in [0.05, 0.1) is 15.6 Å². The van der Waals surface area contributed by atoms with Crippen molar-refractivity contribution in [1.82, 2.24) is 14.8 Å². The second-order valence-corrected chi connectivity index (χ2v) is 6.62. The summed E-state index contributed by atoms with van der Waals surface area (Å²) in [4.78, 5) is 32.2. The van der Waals surface area contributed by atoms with Crippen molar-refractivity contribution >= 4 is 46.4 Å². The number of rotatable bonds is 2. The number of aromatic nitrogens is 1. The van der Waals surface area contributed by atoms with Crippen molar-refractivity contribution in [2.75, 3.05) is 26.2 Å². The van der Waals surface area contributed by atoms with Gasteiger partial charge in [-0.05, 0) is 18.2 Å². The van der Waals surface area contributed by atoms with Gasteiger partial charge in [-0.25, -0.2) is 4.98 Å². The Morgan fingerprint density at radius 3 is 2.22 bits per heavy atom. The minimum atomic E-state index is -0.107. The van der Waals surface area contributed by atoms with Gasteiger partial charge in [0.25, 0.3) is 11.8 Å². The zero-order valence-electron chi connectivity index (χ0n) is 12.0. The first-order valence-electron chi connectivity index (χ1n) is 6.98. The second kappa shape index (κ2) is 6.86. The lowest BCUT2D eigenvalue weighted by Gasteiger charge is -2.34. The molecule has 0 radical (unpaired) electrons. The average molecular weight is 370 g/mol. The molecule has 0 atom stereocenters. The summed E-state index contributed by atoms with van der Waals surface area (Å²) in [7, 11) is 0. The molecule has 1 aromatic heterocycles. The molecule has 5 nitrogen and oxygen atoms in total. The van der Waals surface area contributed by atoms with E-state index in [4.69, 9.17) is 23.2 Å². The number of hydrogen-bond donors (Lipinski definition) is 0. The molecule has 8 heteroatoms. The van der Waals surface area contributed by atoms with Crippen LogP contribution in [0.15, 0.2) is 29.1 Å². The summed E-state index contributed by atoms with van der Waals surface area (Å²) >= 11 is 13.2. The molecule has 2 amide bonds. The van der Waals surface area contributed by atoms with Crippen LogP contribution >= 0.6 is 34.5 Å². The van der Waals surface area contributed by atoms with Gasteiger partial charge in [-0.3, -0.25) is 9.59 Å². The first-order valence-corrected chi connectivity index (χ1v) is 8.68. The fourth-order valence-corrected chi connectivity index (χ4v) is 3.23. The lowest BCUT2D eigenvalue weighted by molar-refractivity contribution is 0.0533. The van der Waals surface area contributed by atoms with Crippen molar-refractivity contribution in [2.24, 2.45) is 0 Å². The largest absolute Gasteiger partial charge is 0.335 e. The van der Waals surface area contributed by atoms with E-state index in [1.165, 1.54) is 11.3 Å². The summed E-state index contributed by atoms with van der Waals surface area (Å²) in [6, 6.07) is 4.83. The van der Waals surface area contributed by atoms with Crippen molar-refractivity contribution in [1.29, 1.82) is 0 Å². The molecule has 1 aromatic carbocycles. The van der Waals surface area contributed by atoms with Gasteiger partial charge in [-0.15, -0.1) is 11.3 Å². The van der Waals surface area contributed by atoms with Crippen LogP contribution in [0.4, 0.5) is 0 Å². The zero-order chi connectivity index (χ0) is 16.4. The molecule has 23 heavy (non-hydrogen) atoms. The SMILES string of the molecule is O=C(c1ccc(Cl)c(Cl)c1)N1CCN(C(=O)c2cscn2)CC1. The number of hydrogen-bond acceptors (Lipinski definition) is 4. The Balaban J connectivity index is 1.63. The minimum Gasteiger partial charge on any atom is -0.335 e. The summed E-state index contributed by atoms with van der Waals surface area (Å²) < 4.78 is 0. The Labute approximate surface area is 147 Å². The van der Waals surface area contributed by atoms with E-state index in [0.29, 0.717) is 47.5 Å². The third-order valence-electron chi connectivity index (χ3n) is 3.67. The maximum absolute atomic E-state index is 12.5. The number of amides is 2. The van der Waals surface area contributed by atoms with Gasteiger partial charge < -0.3 is 9.80 Å². The molecule has 2 aromatic rings. The highest BCUT2D eigenvalue weighted by molar-refractivity contribution is 7.07. The highest BCUT2D eigenvalue weighted by Crippen LogP contribution is 2.23. The van der Waals surface area contributed by atoms with Crippen LogP contribution in [0.3, 0.4) is 0 Å². The van der Waals surface area contributed by atoms with Crippen molar-refractivity contribution in [3.63, 3.8) is 0 Å². The number of thiazole rings is 1. The van der Waals surface area contributed by atoms with Crippen molar-refractivity contribution in [3.05, 3.63) is 50.4 Å². The minimum absolute atomic E-state index is 0.0899. The normalized spacial score (nSPS) is 14.9. The lowest BCUT2D eigenvalue weighted by Crippen LogP contribution is -2.50. The van der Waals surface area contributed by atoms with E-state index < -0.39 is 0 Å². The molecule has 1 aliphatic rings. The molecule has 0 N–H and O–H groups in total. The molecule has 1 fully saturated rings. The molecule has 0 unspecified atom stereocenters. The Morgan fingerprint density at radius 2 is 1.65 bits per heavy atom. The Hall–Kier alpha value is -1.63. The maximum Gasteiger partial charge on any atom is 0.273 e. The van der Waals surface area contributed by atoms with Gasteiger partial charge in [-0.1, -0.05) is 23.2 Å². The molecule has 3 rings (SSSR count). The Kier molecular flexibility index (Phi) is 4.84. The van der Waals surface area contributed by atoms with Gasteiger partial charge in [-0.2, -0.15) is 0 Å². The van der Waals surface area contributed by atoms with Crippen LogP contribution in [0.1, 0.15) is 20.8 Å². The smallest absolute Gasteiger partial charge is 0.273 e. The van der Waals surface area contributed by atoms with Crippen LogP contribution in [0.5, 0.6) is 0 Å². The first kappa shape index (κ1) is 16.2. The summed E-state index contributed by atoms with van der Waals surface area (Å²) in [6.45, 7) is 1.94. The van der Waals surface area contributed by atoms with Crippen LogP contribution in [0.25, 0.3) is 0 Å². The van der Waals surface area contributed by atoms with Gasteiger partial charge in [0, 0.05) is 37.1 Å². The Morgan fingerprint density at radius 1 is 1.00 bits per heavy atom. The van der Waals surface area contributed by atoms with E-state index in [0.717, 1.165) is 0 Å². The van der Waals surface area contributed by atoms with Crippen LogP contribution < -0.4 is 0 Å². The van der Waals surface area contributed by atoms with E-state index >= 15 is 0 Å². The van der Waals surface area contributed by atoms with Crippen molar-refractivity contribution in [3.8, 4) is 0 Å². The number of halogens is 2. The van der Waals surface area contributed by atoms with Crippen molar-refractivity contribution < 1.29 is 9.59 Å². The molecule has 1 aliphatic heterocycles.